The molecule has 0 amide bonds. The van der Waals surface area contributed by atoms with Gasteiger partial charge < -0.3 is 4.74 Å². The van der Waals surface area contributed by atoms with E-state index in [1.807, 2.05) is 0 Å². The maximum atomic E-state index is 5.56. The summed E-state index contributed by atoms with van der Waals surface area (Å²) < 4.78 is 5.56. The van der Waals surface area contributed by atoms with Crippen LogP contribution in [-0.2, 0) is 4.74 Å². The van der Waals surface area contributed by atoms with Crippen LogP contribution in [0.1, 0.15) is 27.2 Å². The van der Waals surface area contributed by atoms with Crippen LogP contribution in [0.3, 0.4) is 0 Å². The number of likely N-dealkylation sites (N-methyl/N-ethyl adjacent to an activating group) is 1. The monoisotopic (exact) mass is 143 g/mol. The summed E-state index contributed by atoms with van der Waals surface area (Å²) >= 11 is 0. The van der Waals surface area contributed by atoms with E-state index in [-0.39, 0.29) is 5.54 Å². The first-order valence-electron chi connectivity index (χ1n) is 3.92. The molecule has 0 aromatic carbocycles. The number of hydrogen-bond donors (Lipinski definition) is 0. The first-order valence-corrected chi connectivity index (χ1v) is 3.92. The Morgan fingerprint density at radius 1 is 1.60 bits per heavy atom. The summed E-state index contributed by atoms with van der Waals surface area (Å²) in [5, 5.41) is 0. The Labute approximate surface area is 63.2 Å². The molecule has 1 unspecified atom stereocenters. The summed E-state index contributed by atoms with van der Waals surface area (Å²) in [6.45, 7) is 7.44. The van der Waals surface area contributed by atoms with E-state index in [9.17, 15) is 0 Å². The zero-order valence-corrected chi connectivity index (χ0v) is 7.35. The van der Waals surface area contributed by atoms with Crippen molar-refractivity contribution >= 4 is 0 Å². The van der Waals surface area contributed by atoms with E-state index < -0.39 is 0 Å². The van der Waals surface area contributed by atoms with E-state index in [0.717, 1.165) is 13.0 Å². The highest BCUT2D eigenvalue weighted by Gasteiger charge is 2.36. The maximum Gasteiger partial charge on any atom is 0.110 e. The Balaban J connectivity index is 2.58. The van der Waals surface area contributed by atoms with Gasteiger partial charge in [0.15, 0.2) is 0 Å². The molecule has 0 aromatic heterocycles. The van der Waals surface area contributed by atoms with Gasteiger partial charge in [0.2, 0.25) is 0 Å². The second-order valence-corrected chi connectivity index (χ2v) is 3.60. The van der Waals surface area contributed by atoms with E-state index in [1.54, 1.807) is 0 Å². The van der Waals surface area contributed by atoms with Crippen molar-refractivity contribution in [2.24, 2.45) is 0 Å². The Morgan fingerprint density at radius 2 is 2.20 bits per heavy atom. The minimum absolute atomic E-state index is 0.237. The summed E-state index contributed by atoms with van der Waals surface area (Å²) in [7, 11) is 2.13. The first-order chi connectivity index (χ1) is 4.58. The summed E-state index contributed by atoms with van der Waals surface area (Å²) in [5.74, 6) is 0. The van der Waals surface area contributed by atoms with Crippen LogP contribution >= 0.6 is 0 Å². The zero-order valence-electron chi connectivity index (χ0n) is 7.35. The lowest BCUT2D eigenvalue weighted by Crippen LogP contribution is -2.40. The van der Waals surface area contributed by atoms with Crippen molar-refractivity contribution in [2.45, 2.75) is 39.0 Å². The zero-order chi connectivity index (χ0) is 7.78. The number of nitrogens with zero attached hydrogens (tertiary/aromatic N) is 1. The largest absolute Gasteiger partial charge is 0.361 e. The Hall–Kier alpha value is -0.0800. The molecule has 1 aliphatic heterocycles. The molecule has 0 N–H and O–H groups in total. The van der Waals surface area contributed by atoms with Gasteiger partial charge in [-0.3, -0.25) is 4.90 Å². The van der Waals surface area contributed by atoms with Gasteiger partial charge in [0.05, 0.1) is 6.61 Å². The summed E-state index contributed by atoms with van der Waals surface area (Å²) in [5.41, 5.74) is 0.237. The molecule has 60 valence electrons. The van der Waals surface area contributed by atoms with Crippen LogP contribution in [0.25, 0.3) is 0 Å². The summed E-state index contributed by atoms with van der Waals surface area (Å²) in [4.78, 5) is 2.30. The standard InChI is InChI=1S/C8H17NO/c1-5-7-9(4)8(2,3)6-10-7/h7H,5-6H2,1-4H3. The maximum absolute atomic E-state index is 5.56. The third-order valence-electron chi connectivity index (χ3n) is 2.36. The van der Waals surface area contributed by atoms with Gasteiger partial charge >= 0.3 is 0 Å². The Bertz CT molecular complexity index is 122. The SMILES string of the molecule is CCC1OCC(C)(C)N1C. The van der Waals surface area contributed by atoms with Crippen molar-refractivity contribution in [1.82, 2.24) is 4.90 Å². The third-order valence-corrected chi connectivity index (χ3v) is 2.36. The first kappa shape index (κ1) is 8.02. The molecule has 10 heavy (non-hydrogen) atoms. The van der Waals surface area contributed by atoms with Crippen LogP contribution in [-0.4, -0.2) is 30.3 Å². The summed E-state index contributed by atoms with van der Waals surface area (Å²) in [6, 6.07) is 0. The average Bonchev–Trinajstić information content (AvgIpc) is 2.10. The molecule has 2 nitrogen and oxygen atoms in total. The molecule has 0 saturated carbocycles. The molecule has 0 spiro atoms. The predicted octanol–water partition coefficient (Wildman–Crippen LogP) is 1.46. The van der Waals surface area contributed by atoms with E-state index in [4.69, 9.17) is 4.74 Å². The second kappa shape index (κ2) is 2.51. The Morgan fingerprint density at radius 3 is 2.40 bits per heavy atom. The van der Waals surface area contributed by atoms with E-state index >= 15 is 0 Å². The van der Waals surface area contributed by atoms with Gasteiger partial charge in [0, 0.05) is 5.54 Å². The van der Waals surface area contributed by atoms with Gasteiger partial charge in [0.25, 0.3) is 0 Å². The lowest BCUT2D eigenvalue weighted by atomic mass is 10.1. The Kier molecular flexibility index (Phi) is 2.02. The van der Waals surface area contributed by atoms with Crippen LogP contribution in [0.15, 0.2) is 0 Å². The molecule has 1 saturated heterocycles. The molecule has 2 heteroatoms. The molecular weight excluding hydrogens is 126 g/mol. The van der Waals surface area contributed by atoms with Crippen LogP contribution in [0.4, 0.5) is 0 Å². The summed E-state index contributed by atoms with van der Waals surface area (Å²) in [6.07, 6.45) is 1.43. The second-order valence-electron chi connectivity index (χ2n) is 3.60. The molecule has 1 fully saturated rings. The number of hydrogen-bond acceptors (Lipinski definition) is 2. The predicted molar refractivity (Wildman–Crippen MR) is 41.9 cm³/mol. The molecule has 1 rings (SSSR count). The van der Waals surface area contributed by atoms with Gasteiger partial charge in [-0.2, -0.15) is 0 Å². The van der Waals surface area contributed by atoms with E-state index in [0.29, 0.717) is 6.23 Å². The molecule has 1 atom stereocenters. The molecule has 0 radical (unpaired) electrons. The van der Waals surface area contributed by atoms with Gasteiger partial charge in [-0.15, -0.1) is 0 Å². The fraction of sp³-hybridized carbons (Fsp3) is 1.00. The van der Waals surface area contributed by atoms with Crippen LogP contribution in [0.2, 0.25) is 0 Å². The molecule has 0 aliphatic carbocycles. The smallest absolute Gasteiger partial charge is 0.110 e. The number of ether oxygens (including phenoxy) is 1. The fourth-order valence-electron chi connectivity index (χ4n) is 1.30. The van der Waals surface area contributed by atoms with Gasteiger partial charge in [-0.1, -0.05) is 6.92 Å². The topological polar surface area (TPSA) is 12.5 Å². The minimum Gasteiger partial charge on any atom is -0.361 e. The van der Waals surface area contributed by atoms with Gasteiger partial charge in [-0.05, 0) is 27.3 Å². The lowest BCUT2D eigenvalue weighted by Gasteiger charge is -2.28. The highest BCUT2D eigenvalue weighted by molar-refractivity contribution is 4.85. The van der Waals surface area contributed by atoms with Gasteiger partial charge in [0.1, 0.15) is 6.23 Å². The van der Waals surface area contributed by atoms with E-state index in [1.165, 1.54) is 0 Å². The lowest BCUT2D eigenvalue weighted by molar-refractivity contribution is 0.0382. The van der Waals surface area contributed by atoms with Gasteiger partial charge in [-0.25, -0.2) is 0 Å². The van der Waals surface area contributed by atoms with Crippen molar-refractivity contribution in [2.75, 3.05) is 13.7 Å². The van der Waals surface area contributed by atoms with Crippen LogP contribution < -0.4 is 0 Å². The van der Waals surface area contributed by atoms with Crippen molar-refractivity contribution in [3.8, 4) is 0 Å². The van der Waals surface area contributed by atoms with E-state index in [2.05, 4.69) is 32.7 Å². The van der Waals surface area contributed by atoms with Crippen molar-refractivity contribution in [3.05, 3.63) is 0 Å². The van der Waals surface area contributed by atoms with Crippen molar-refractivity contribution in [3.63, 3.8) is 0 Å². The average molecular weight is 143 g/mol. The molecule has 0 bridgehead atoms. The quantitative estimate of drug-likeness (QED) is 0.551. The molecule has 1 aliphatic rings. The van der Waals surface area contributed by atoms with Crippen molar-refractivity contribution < 1.29 is 4.74 Å². The normalized spacial score (nSPS) is 33.0. The fourth-order valence-corrected chi connectivity index (χ4v) is 1.30. The molecule has 1 heterocycles. The van der Waals surface area contributed by atoms with Crippen LogP contribution in [0, 0.1) is 0 Å². The third kappa shape index (κ3) is 1.18. The van der Waals surface area contributed by atoms with Crippen LogP contribution in [0.5, 0.6) is 0 Å². The minimum atomic E-state index is 0.237. The molecular formula is C8H17NO. The molecule has 0 aromatic rings. The number of rotatable bonds is 1. The van der Waals surface area contributed by atoms with Crippen molar-refractivity contribution in [1.29, 1.82) is 0 Å². The highest BCUT2D eigenvalue weighted by atomic mass is 16.5. The highest BCUT2D eigenvalue weighted by Crippen LogP contribution is 2.25.